The van der Waals surface area contributed by atoms with Gasteiger partial charge in [0.05, 0.1) is 0 Å². The van der Waals surface area contributed by atoms with Crippen LogP contribution < -0.4 is 5.73 Å². The van der Waals surface area contributed by atoms with Crippen molar-refractivity contribution in [2.75, 3.05) is 0 Å². The van der Waals surface area contributed by atoms with Crippen LogP contribution in [0.1, 0.15) is 40.5 Å². The number of hydrogen-bond acceptors (Lipinski definition) is 2. The molecule has 0 aliphatic rings. The Kier molecular flexibility index (Phi) is 4.78. The summed E-state index contributed by atoms with van der Waals surface area (Å²) in [5.74, 6) is -1.56. The Morgan fingerprint density at radius 3 is 1.60 bits per heavy atom. The highest BCUT2D eigenvalue weighted by molar-refractivity contribution is 6.01. The van der Waals surface area contributed by atoms with E-state index in [4.69, 9.17) is 5.73 Å². The molecule has 0 saturated carbocycles. The average molecular weight is 215 g/mol. The van der Waals surface area contributed by atoms with Crippen LogP contribution in [0.3, 0.4) is 0 Å². The zero-order valence-corrected chi connectivity index (χ0v) is 9.91. The highest BCUT2D eigenvalue weighted by atomic mass is 16.4. The summed E-state index contributed by atoms with van der Waals surface area (Å²) in [5.41, 5.74) is 3.85. The van der Waals surface area contributed by atoms with Gasteiger partial charge in [-0.05, 0) is 24.7 Å². The lowest BCUT2D eigenvalue weighted by molar-refractivity contribution is -0.157. The second-order valence-electron chi connectivity index (χ2n) is 4.95. The van der Waals surface area contributed by atoms with Crippen molar-refractivity contribution in [3.05, 3.63) is 0 Å². The number of hydrogen-bond donors (Lipinski definition) is 2. The van der Waals surface area contributed by atoms with Crippen molar-refractivity contribution < 1.29 is 14.7 Å². The van der Waals surface area contributed by atoms with Crippen LogP contribution in [0.4, 0.5) is 0 Å². The van der Waals surface area contributed by atoms with E-state index in [0.29, 0.717) is 12.8 Å². The number of rotatable bonds is 6. The van der Waals surface area contributed by atoms with Crippen LogP contribution in [-0.4, -0.2) is 17.0 Å². The van der Waals surface area contributed by atoms with Gasteiger partial charge in [-0.25, -0.2) is 0 Å². The molecule has 1 amide bonds. The average Bonchev–Trinajstić information content (AvgIpc) is 1.99. The van der Waals surface area contributed by atoms with E-state index in [1.54, 1.807) is 0 Å². The lowest BCUT2D eigenvalue weighted by Crippen LogP contribution is -2.45. The van der Waals surface area contributed by atoms with Gasteiger partial charge in [0.15, 0.2) is 0 Å². The van der Waals surface area contributed by atoms with Crippen molar-refractivity contribution in [1.29, 1.82) is 0 Å². The number of amides is 1. The normalized spacial score (nSPS) is 12.1. The molecule has 0 atom stereocenters. The van der Waals surface area contributed by atoms with Crippen molar-refractivity contribution in [3.63, 3.8) is 0 Å². The molecule has 0 aromatic carbocycles. The molecular formula is C11H21NO3. The zero-order chi connectivity index (χ0) is 12.2. The summed E-state index contributed by atoms with van der Waals surface area (Å²) in [6.45, 7) is 7.56. The van der Waals surface area contributed by atoms with Gasteiger partial charge in [-0.2, -0.15) is 0 Å². The first-order valence-corrected chi connectivity index (χ1v) is 5.25. The molecule has 88 valence electrons. The SMILES string of the molecule is CC(C)CC(CC(C)C)(C(N)=O)C(=O)O. The maximum atomic E-state index is 11.4. The molecule has 0 aliphatic carbocycles. The van der Waals surface area contributed by atoms with Gasteiger partial charge in [-0.1, -0.05) is 27.7 Å². The molecule has 4 heteroatoms. The molecule has 0 aromatic heterocycles. The summed E-state index contributed by atoms with van der Waals surface area (Å²) in [6, 6.07) is 0. The molecule has 0 aliphatic heterocycles. The van der Waals surface area contributed by atoms with Crippen LogP contribution in [0.25, 0.3) is 0 Å². The van der Waals surface area contributed by atoms with E-state index in [0.717, 1.165) is 0 Å². The highest BCUT2D eigenvalue weighted by Gasteiger charge is 2.45. The van der Waals surface area contributed by atoms with E-state index in [-0.39, 0.29) is 11.8 Å². The minimum atomic E-state index is -1.40. The van der Waals surface area contributed by atoms with E-state index >= 15 is 0 Å². The Hall–Kier alpha value is -1.06. The largest absolute Gasteiger partial charge is 0.480 e. The molecule has 0 fully saturated rings. The minimum absolute atomic E-state index is 0.132. The van der Waals surface area contributed by atoms with Crippen molar-refractivity contribution in [3.8, 4) is 0 Å². The van der Waals surface area contributed by atoms with Gasteiger partial charge in [0.25, 0.3) is 0 Å². The Balaban J connectivity index is 5.08. The van der Waals surface area contributed by atoms with Crippen LogP contribution in [-0.2, 0) is 9.59 Å². The number of carboxylic acids is 1. The van der Waals surface area contributed by atoms with E-state index in [1.165, 1.54) is 0 Å². The molecular weight excluding hydrogens is 194 g/mol. The van der Waals surface area contributed by atoms with Crippen LogP contribution in [0.5, 0.6) is 0 Å². The van der Waals surface area contributed by atoms with E-state index < -0.39 is 17.3 Å². The summed E-state index contributed by atoms with van der Waals surface area (Å²) in [6.07, 6.45) is 0.603. The van der Waals surface area contributed by atoms with Crippen molar-refractivity contribution in [1.82, 2.24) is 0 Å². The Morgan fingerprint density at radius 1 is 1.13 bits per heavy atom. The standard InChI is InChI=1S/C11H21NO3/c1-7(2)5-11(9(12)13,10(14)15)6-8(3)4/h7-8H,5-6H2,1-4H3,(H2,12,13)(H,14,15). The lowest BCUT2D eigenvalue weighted by atomic mass is 9.73. The second-order valence-corrected chi connectivity index (χ2v) is 4.95. The maximum Gasteiger partial charge on any atom is 0.319 e. The molecule has 0 saturated heterocycles. The van der Waals surface area contributed by atoms with E-state index in [2.05, 4.69) is 0 Å². The number of aliphatic carboxylic acids is 1. The van der Waals surface area contributed by atoms with Crippen molar-refractivity contribution >= 4 is 11.9 Å². The van der Waals surface area contributed by atoms with Crippen LogP contribution in [0, 0.1) is 17.3 Å². The topological polar surface area (TPSA) is 80.4 Å². The van der Waals surface area contributed by atoms with Gasteiger partial charge >= 0.3 is 5.97 Å². The molecule has 0 rings (SSSR count). The highest BCUT2D eigenvalue weighted by Crippen LogP contribution is 2.33. The Bertz CT molecular complexity index is 220. The minimum Gasteiger partial charge on any atom is -0.480 e. The van der Waals surface area contributed by atoms with Gasteiger partial charge in [0, 0.05) is 0 Å². The third-order valence-corrected chi connectivity index (χ3v) is 2.39. The Morgan fingerprint density at radius 2 is 1.47 bits per heavy atom. The van der Waals surface area contributed by atoms with Crippen molar-refractivity contribution in [2.24, 2.45) is 23.0 Å². The third-order valence-electron chi connectivity index (χ3n) is 2.39. The molecule has 0 heterocycles. The first-order valence-electron chi connectivity index (χ1n) is 5.25. The quantitative estimate of drug-likeness (QED) is 0.661. The molecule has 0 bridgehead atoms. The summed E-state index contributed by atoms with van der Waals surface area (Å²) in [4.78, 5) is 22.6. The predicted octanol–water partition coefficient (Wildman–Crippen LogP) is 1.63. The molecule has 0 spiro atoms. The first kappa shape index (κ1) is 13.9. The smallest absolute Gasteiger partial charge is 0.319 e. The van der Waals surface area contributed by atoms with Gasteiger partial charge in [0.2, 0.25) is 5.91 Å². The molecule has 3 N–H and O–H groups in total. The predicted molar refractivity (Wildman–Crippen MR) is 58.2 cm³/mol. The molecule has 0 radical (unpaired) electrons. The summed E-state index contributed by atoms with van der Waals surface area (Å²) >= 11 is 0. The van der Waals surface area contributed by atoms with Crippen molar-refractivity contribution in [2.45, 2.75) is 40.5 Å². The molecule has 4 nitrogen and oxygen atoms in total. The van der Waals surface area contributed by atoms with Gasteiger partial charge in [0.1, 0.15) is 5.41 Å². The van der Waals surface area contributed by atoms with E-state index in [1.807, 2.05) is 27.7 Å². The Labute approximate surface area is 90.8 Å². The molecule has 0 aromatic rings. The summed E-state index contributed by atoms with van der Waals surface area (Å²) in [7, 11) is 0. The summed E-state index contributed by atoms with van der Waals surface area (Å²) < 4.78 is 0. The van der Waals surface area contributed by atoms with Crippen LogP contribution in [0.15, 0.2) is 0 Å². The van der Waals surface area contributed by atoms with Crippen LogP contribution in [0.2, 0.25) is 0 Å². The number of nitrogens with two attached hydrogens (primary N) is 1. The fourth-order valence-corrected chi connectivity index (χ4v) is 1.96. The first-order chi connectivity index (χ1) is 6.72. The lowest BCUT2D eigenvalue weighted by Gasteiger charge is -2.29. The maximum absolute atomic E-state index is 11.4. The van der Waals surface area contributed by atoms with Gasteiger partial charge < -0.3 is 10.8 Å². The number of carbonyl (C=O) groups is 2. The fourth-order valence-electron chi connectivity index (χ4n) is 1.96. The molecule has 0 unspecified atom stereocenters. The number of primary amides is 1. The monoisotopic (exact) mass is 215 g/mol. The third kappa shape index (κ3) is 3.53. The zero-order valence-electron chi connectivity index (χ0n) is 9.91. The second kappa shape index (κ2) is 5.14. The number of carboxylic acid groups (broad SMARTS) is 1. The number of carbonyl (C=O) groups excluding carboxylic acids is 1. The van der Waals surface area contributed by atoms with Gasteiger partial charge in [-0.3, -0.25) is 9.59 Å². The van der Waals surface area contributed by atoms with Crippen LogP contribution >= 0.6 is 0 Å². The molecule has 15 heavy (non-hydrogen) atoms. The van der Waals surface area contributed by atoms with E-state index in [9.17, 15) is 14.7 Å². The van der Waals surface area contributed by atoms with Gasteiger partial charge in [-0.15, -0.1) is 0 Å². The fraction of sp³-hybridized carbons (Fsp3) is 0.818. The summed E-state index contributed by atoms with van der Waals surface area (Å²) in [5, 5.41) is 9.19.